The van der Waals surface area contributed by atoms with E-state index in [1.54, 1.807) is 0 Å². The quantitative estimate of drug-likeness (QED) is 0.841. The van der Waals surface area contributed by atoms with E-state index in [4.69, 9.17) is 4.99 Å². The third kappa shape index (κ3) is 2.68. The van der Waals surface area contributed by atoms with Gasteiger partial charge in [-0.2, -0.15) is 0 Å². The molecule has 0 amide bonds. The smallest absolute Gasteiger partial charge is 0.289 e. The van der Waals surface area contributed by atoms with Gasteiger partial charge < -0.3 is 15.5 Å². The number of hydrogen-bond donors (Lipinski definition) is 2. The van der Waals surface area contributed by atoms with Gasteiger partial charge in [-0.25, -0.2) is 18.8 Å². The first-order chi connectivity index (χ1) is 11.2. The topological polar surface area (TPSA) is 52.6 Å². The molecular formula is C15H15F2N5S. The van der Waals surface area contributed by atoms with Gasteiger partial charge in [-0.05, 0) is 12.1 Å². The maximum atomic E-state index is 13.1. The Balaban J connectivity index is 1.85. The van der Waals surface area contributed by atoms with Gasteiger partial charge in [-0.1, -0.05) is 23.5 Å². The van der Waals surface area contributed by atoms with Crippen molar-refractivity contribution in [3.8, 4) is 0 Å². The van der Waals surface area contributed by atoms with Crippen LogP contribution in [0.2, 0.25) is 0 Å². The summed E-state index contributed by atoms with van der Waals surface area (Å²) in [5.74, 6) is 0.669. The largest absolute Gasteiger partial charge is 0.352 e. The molecule has 2 N–H and O–H groups in total. The fourth-order valence-corrected chi connectivity index (χ4v) is 3.56. The number of fused-ring (bicyclic) bond motifs is 2. The van der Waals surface area contributed by atoms with Crippen LogP contribution in [0.5, 0.6) is 0 Å². The van der Waals surface area contributed by atoms with Crippen LogP contribution in [-0.2, 0) is 0 Å². The second-order valence-electron chi connectivity index (χ2n) is 5.35. The fourth-order valence-electron chi connectivity index (χ4n) is 2.73. The van der Waals surface area contributed by atoms with Gasteiger partial charge in [0.1, 0.15) is 10.7 Å². The van der Waals surface area contributed by atoms with Gasteiger partial charge >= 0.3 is 0 Å². The summed E-state index contributed by atoms with van der Waals surface area (Å²) in [5.41, 5.74) is 2.12. The molecule has 2 aliphatic heterocycles. The Hall–Kier alpha value is -2.06. The average Bonchev–Trinajstić information content (AvgIpc) is 2.92. The molecule has 8 heteroatoms. The molecule has 1 aromatic heterocycles. The summed E-state index contributed by atoms with van der Waals surface area (Å²) in [7, 11) is 0. The van der Waals surface area contributed by atoms with Crippen LogP contribution < -0.4 is 10.6 Å². The lowest BCUT2D eigenvalue weighted by atomic mass is 10.3. The molecule has 4 rings (SSSR count). The molecule has 0 saturated carbocycles. The molecule has 1 saturated heterocycles. The van der Waals surface area contributed by atoms with Crippen molar-refractivity contribution in [2.75, 3.05) is 31.5 Å². The van der Waals surface area contributed by atoms with Crippen LogP contribution in [0.3, 0.4) is 0 Å². The second-order valence-corrected chi connectivity index (χ2v) is 6.38. The first-order valence-corrected chi connectivity index (χ1v) is 8.23. The monoisotopic (exact) mass is 335 g/mol. The summed E-state index contributed by atoms with van der Waals surface area (Å²) < 4.78 is 26.2. The molecule has 3 heterocycles. The van der Waals surface area contributed by atoms with Gasteiger partial charge in [0.2, 0.25) is 0 Å². The number of hydrogen-bond acceptors (Lipinski definition) is 6. The van der Waals surface area contributed by atoms with Crippen molar-refractivity contribution in [2.45, 2.75) is 6.43 Å². The molecule has 5 nitrogen and oxygen atoms in total. The molecule has 0 bridgehead atoms. The number of para-hydroxylation sites is 2. The number of alkyl halides is 2. The lowest BCUT2D eigenvalue weighted by molar-refractivity contribution is 0.151. The molecule has 23 heavy (non-hydrogen) atoms. The number of piperazine rings is 1. The third-order valence-corrected chi connectivity index (χ3v) is 4.82. The second kappa shape index (κ2) is 5.86. The molecule has 2 aromatic rings. The van der Waals surface area contributed by atoms with Crippen LogP contribution in [0.4, 0.5) is 25.2 Å². The van der Waals surface area contributed by atoms with Crippen molar-refractivity contribution < 1.29 is 8.78 Å². The van der Waals surface area contributed by atoms with E-state index in [-0.39, 0.29) is 5.01 Å². The fraction of sp³-hybridized carbons (Fsp3) is 0.333. The van der Waals surface area contributed by atoms with Crippen molar-refractivity contribution in [3.05, 3.63) is 35.0 Å². The predicted octanol–water partition coefficient (Wildman–Crippen LogP) is 3.12. The molecule has 0 radical (unpaired) electrons. The highest BCUT2D eigenvalue weighted by Crippen LogP contribution is 2.39. The van der Waals surface area contributed by atoms with E-state index < -0.39 is 6.43 Å². The number of aliphatic imine (C=N–C) groups is 1. The van der Waals surface area contributed by atoms with E-state index in [0.717, 1.165) is 48.9 Å². The van der Waals surface area contributed by atoms with Crippen molar-refractivity contribution in [3.63, 3.8) is 0 Å². The SMILES string of the molecule is FC(F)c1nc2c(s1)Nc1ccccc1N=C2N1CCNCC1. The Morgan fingerprint density at radius 1 is 1.17 bits per heavy atom. The number of rotatable bonds is 1. The summed E-state index contributed by atoms with van der Waals surface area (Å²) in [4.78, 5) is 11.0. The van der Waals surface area contributed by atoms with Crippen molar-refractivity contribution in [1.29, 1.82) is 0 Å². The van der Waals surface area contributed by atoms with Crippen molar-refractivity contribution in [2.24, 2.45) is 4.99 Å². The highest BCUT2D eigenvalue weighted by Gasteiger charge is 2.28. The van der Waals surface area contributed by atoms with E-state index >= 15 is 0 Å². The van der Waals surface area contributed by atoms with E-state index in [9.17, 15) is 8.78 Å². The highest BCUT2D eigenvalue weighted by molar-refractivity contribution is 7.16. The van der Waals surface area contributed by atoms with Crippen LogP contribution in [-0.4, -0.2) is 41.9 Å². The van der Waals surface area contributed by atoms with Crippen molar-refractivity contribution >= 4 is 33.5 Å². The van der Waals surface area contributed by atoms with Gasteiger partial charge in [-0.15, -0.1) is 0 Å². The number of halogens is 2. The molecule has 0 unspecified atom stereocenters. The molecule has 0 spiro atoms. The van der Waals surface area contributed by atoms with Gasteiger partial charge in [0, 0.05) is 26.2 Å². The highest BCUT2D eigenvalue weighted by atomic mass is 32.1. The van der Waals surface area contributed by atoms with Crippen LogP contribution in [0.1, 0.15) is 17.1 Å². The Morgan fingerprint density at radius 2 is 1.96 bits per heavy atom. The number of anilines is 2. The number of thiazole rings is 1. The standard InChI is InChI=1S/C15H15F2N5S/c16-12(17)15-21-11-13(22-7-5-18-6-8-22)19-9-3-1-2-4-10(9)20-14(11)23-15/h1-4,12,18,20H,5-8H2. The molecule has 0 atom stereocenters. The summed E-state index contributed by atoms with van der Waals surface area (Å²) >= 11 is 0.993. The summed E-state index contributed by atoms with van der Waals surface area (Å²) in [6, 6.07) is 7.61. The maximum Gasteiger partial charge on any atom is 0.289 e. The van der Waals surface area contributed by atoms with Gasteiger partial charge in [0.05, 0.1) is 11.4 Å². The Kier molecular flexibility index (Phi) is 3.70. The van der Waals surface area contributed by atoms with Gasteiger partial charge in [0.25, 0.3) is 6.43 Å². The van der Waals surface area contributed by atoms with Crippen LogP contribution in [0.25, 0.3) is 0 Å². The normalized spacial score (nSPS) is 17.2. The first-order valence-electron chi connectivity index (χ1n) is 7.42. The van der Waals surface area contributed by atoms with Crippen LogP contribution in [0.15, 0.2) is 29.3 Å². The maximum absolute atomic E-state index is 13.1. The zero-order valence-corrected chi connectivity index (χ0v) is 13.0. The number of amidine groups is 1. The van der Waals surface area contributed by atoms with E-state index in [2.05, 4.69) is 20.5 Å². The minimum atomic E-state index is -2.58. The first kappa shape index (κ1) is 14.5. The molecule has 0 aliphatic carbocycles. The number of benzene rings is 1. The van der Waals surface area contributed by atoms with Gasteiger partial charge in [-0.3, -0.25) is 0 Å². The molecule has 120 valence electrons. The van der Waals surface area contributed by atoms with E-state index in [1.165, 1.54) is 0 Å². The van der Waals surface area contributed by atoms with E-state index in [1.807, 2.05) is 24.3 Å². The zero-order valence-electron chi connectivity index (χ0n) is 12.2. The summed E-state index contributed by atoms with van der Waals surface area (Å²) in [6.45, 7) is 3.24. The Morgan fingerprint density at radius 3 is 2.74 bits per heavy atom. The Bertz CT molecular complexity index is 752. The number of nitrogens with one attached hydrogen (secondary N) is 2. The zero-order chi connectivity index (χ0) is 15.8. The molecule has 1 aromatic carbocycles. The van der Waals surface area contributed by atoms with Crippen LogP contribution in [0, 0.1) is 0 Å². The third-order valence-electron chi connectivity index (χ3n) is 3.84. The number of nitrogens with zero attached hydrogens (tertiary/aromatic N) is 3. The van der Waals surface area contributed by atoms with Gasteiger partial charge in [0.15, 0.2) is 10.8 Å². The lowest BCUT2D eigenvalue weighted by Gasteiger charge is -2.29. The average molecular weight is 335 g/mol. The molecular weight excluding hydrogens is 320 g/mol. The molecule has 2 aliphatic rings. The summed E-state index contributed by atoms with van der Waals surface area (Å²) in [5, 5.41) is 6.95. The van der Waals surface area contributed by atoms with E-state index in [0.29, 0.717) is 16.5 Å². The lowest BCUT2D eigenvalue weighted by Crippen LogP contribution is -2.46. The Labute approximate surface area is 136 Å². The van der Waals surface area contributed by atoms with Crippen LogP contribution >= 0.6 is 11.3 Å². The number of aromatic nitrogens is 1. The summed E-state index contributed by atoms with van der Waals surface area (Å²) in [6.07, 6.45) is -2.58. The minimum Gasteiger partial charge on any atom is -0.352 e. The minimum absolute atomic E-state index is 0.176. The molecule has 1 fully saturated rings. The predicted molar refractivity (Wildman–Crippen MR) is 87.4 cm³/mol. The van der Waals surface area contributed by atoms with Crippen molar-refractivity contribution in [1.82, 2.24) is 15.2 Å².